The zero-order valence-electron chi connectivity index (χ0n) is 21.7. The normalized spacial score (nSPS) is 15.4. The number of anilines is 1. The summed E-state index contributed by atoms with van der Waals surface area (Å²) in [6, 6.07) is 6.03. The Bertz CT molecular complexity index is 1630. The molecule has 38 heavy (non-hydrogen) atoms. The Hall–Kier alpha value is -3.15. The fraction of sp³-hybridized carbons (Fsp3) is 0.423. The van der Waals surface area contributed by atoms with Crippen LogP contribution in [0.25, 0.3) is 22.4 Å². The number of nitrogens with one attached hydrogen (secondary N) is 3. The quantitative estimate of drug-likeness (QED) is 0.301. The van der Waals surface area contributed by atoms with Crippen LogP contribution in [-0.2, 0) is 23.0 Å². The summed E-state index contributed by atoms with van der Waals surface area (Å²) in [5.74, 6) is 0.757. The van der Waals surface area contributed by atoms with E-state index in [1.54, 1.807) is 16.8 Å². The molecule has 1 aliphatic rings. The number of sulfonamides is 1. The fourth-order valence-corrected chi connectivity index (χ4v) is 6.35. The molecule has 1 aromatic carbocycles. The molecular weight excluding hydrogens is 526 g/mol. The van der Waals surface area contributed by atoms with Crippen molar-refractivity contribution in [1.82, 2.24) is 28.8 Å². The van der Waals surface area contributed by atoms with E-state index in [1.165, 1.54) is 6.26 Å². The molecule has 12 heteroatoms. The zero-order chi connectivity index (χ0) is 27.0. The van der Waals surface area contributed by atoms with Gasteiger partial charge in [-0.3, -0.25) is 4.79 Å². The molecule has 0 unspecified atom stereocenters. The third-order valence-corrected chi connectivity index (χ3v) is 8.99. The Morgan fingerprint density at radius 3 is 2.68 bits per heavy atom. The highest BCUT2D eigenvalue weighted by Crippen LogP contribution is 2.33. The maximum Gasteiger partial charge on any atom is 0.261 e. The lowest BCUT2D eigenvalue weighted by molar-refractivity contribution is 0.321. The second-order valence-electron chi connectivity index (χ2n) is 9.80. The molecule has 1 aliphatic heterocycles. The van der Waals surface area contributed by atoms with E-state index in [0.29, 0.717) is 48.3 Å². The van der Waals surface area contributed by atoms with Crippen molar-refractivity contribution in [2.45, 2.75) is 45.6 Å². The number of imidazole rings is 2. The van der Waals surface area contributed by atoms with Crippen molar-refractivity contribution >= 4 is 38.3 Å². The highest BCUT2D eigenvalue weighted by Gasteiger charge is 2.26. The lowest BCUT2D eigenvalue weighted by atomic mass is 9.89. The Morgan fingerprint density at radius 1 is 1.24 bits per heavy atom. The Morgan fingerprint density at radius 2 is 2.00 bits per heavy atom. The number of aromatic amines is 2. The molecule has 10 nitrogen and oxygen atoms in total. The summed E-state index contributed by atoms with van der Waals surface area (Å²) in [5, 5.41) is 3.98. The number of nitrogens with zero attached hydrogens (tertiary/aromatic N) is 4. The molecule has 202 valence electrons. The number of H-pyrrole nitrogens is 2. The molecule has 1 saturated heterocycles. The predicted octanol–water partition coefficient (Wildman–Crippen LogP) is 3.89. The van der Waals surface area contributed by atoms with Crippen molar-refractivity contribution in [3.05, 3.63) is 63.1 Å². The summed E-state index contributed by atoms with van der Waals surface area (Å²) in [6.07, 6.45) is 6.76. The van der Waals surface area contributed by atoms with E-state index in [4.69, 9.17) is 16.6 Å². The monoisotopic (exact) mass is 557 g/mol. The van der Waals surface area contributed by atoms with Crippen LogP contribution >= 0.6 is 11.6 Å². The SMILES string of the molecule is CCn1cnc(CCNc2cc[nH]c(=O)c2-c2nc3c(C)cc(C4CCN(S(C)(=O)=O)CC4)cc3[nH]2)c1Cl. The van der Waals surface area contributed by atoms with E-state index in [2.05, 4.69) is 32.4 Å². The first-order valence-corrected chi connectivity index (χ1v) is 15.0. The van der Waals surface area contributed by atoms with E-state index in [9.17, 15) is 13.2 Å². The van der Waals surface area contributed by atoms with Gasteiger partial charge in [-0.15, -0.1) is 0 Å². The van der Waals surface area contributed by atoms with Gasteiger partial charge < -0.3 is 19.9 Å². The number of hydrogen-bond acceptors (Lipinski definition) is 6. The molecule has 0 aliphatic carbocycles. The van der Waals surface area contributed by atoms with Crippen molar-refractivity contribution in [3.8, 4) is 11.4 Å². The third kappa shape index (κ3) is 5.23. The highest BCUT2D eigenvalue weighted by atomic mass is 35.5. The van der Waals surface area contributed by atoms with Gasteiger partial charge in [0.15, 0.2) is 0 Å². The van der Waals surface area contributed by atoms with Gasteiger partial charge in [-0.2, -0.15) is 0 Å². The molecule has 1 fully saturated rings. The van der Waals surface area contributed by atoms with Gasteiger partial charge >= 0.3 is 0 Å². The summed E-state index contributed by atoms with van der Waals surface area (Å²) < 4.78 is 27.2. The number of rotatable bonds is 8. The second kappa shape index (κ2) is 10.5. The topological polar surface area (TPSA) is 129 Å². The molecule has 0 radical (unpaired) electrons. The van der Waals surface area contributed by atoms with E-state index in [1.807, 2.05) is 24.5 Å². The van der Waals surface area contributed by atoms with Crippen molar-refractivity contribution in [3.63, 3.8) is 0 Å². The van der Waals surface area contributed by atoms with Gasteiger partial charge in [0.25, 0.3) is 5.56 Å². The van der Waals surface area contributed by atoms with Gasteiger partial charge in [0.05, 0.1) is 35.0 Å². The van der Waals surface area contributed by atoms with Crippen LogP contribution in [0.2, 0.25) is 5.15 Å². The Balaban J connectivity index is 1.39. The van der Waals surface area contributed by atoms with Crippen molar-refractivity contribution in [2.24, 2.45) is 0 Å². The summed E-state index contributed by atoms with van der Waals surface area (Å²) in [5.41, 5.74) is 5.50. The molecule has 0 bridgehead atoms. The van der Waals surface area contributed by atoms with Crippen molar-refractivity contribution in [1.29, 1.82) is 0 Å². The van der Waals surface area contributed by atoms with Crippen LogP contribution < -0.4 is 10.9 Å². The largest absolute Gasteiger partial charge is 0.384 e. The van der Waals surface area contributed by atoms with Crippen LogP contribution in [0.5, 0.6) is 0 Å². The molecule has 0 saturated carbocycles. The average molecular weight is 558 g/mol. The lowest BCUT2D eigenvalue weighted by Gasteiger charge is -2.30. The summed E-state index contributed by atoms with van der Waals surface area (Å²) in [6.45, 7) is 6.37. The molecule has 0 atom stereocenters. The van der Waals surface area contributed by atoms with E-state index in [-0.39, 0.29) is 11.5 Å². The standard InChI is InChI=1S/C26H32ClN7O3S/c1-4-33-15-30-20(24(33)27)6-9-28-19-5-10-29-26(35)22(19)25-31-21-14-18(13-16(2)23(21)32-25)17-7-11-34(12-8-17)38(3,36)37/h5,10,13-15,17H,4,6-9,11-12H2,1-3H3,(H,31,32)(H2,28,29,35). The molecule has 4 aromatic rings. The fourth-order valence-electron chi connectivity index (χ4n) is 5.17. The predicted molar refractivity (Wildman–Crippen MR) is 150 cm³/mol. The second-order valence-corrected chi connectivity index (χ2v) is 12.1. The molecule has 3 N–H and O–H groups in total. The lowest BCUT2D eigenvalue weighted by Crippen LogP contribution is -2.37. The van der Waals surface area contributed by atoms with Gasteiger partial charge in [-0.25, -0.2) is 22.7 Å². The number of aromatic nitrogens is 5. The molecule has 5 rings (SSSR count). The van der Waals surface area contributed by atoms with Crippen LogP contribution in [0, 0.1) is 6.92 Å². The number of benzene rings is 1. The minimum atomic E-state index is -3.17. The average Bonchev–Trinajstić information content (AvgIpc) is 3.47. The summed E-state index contributed by atoms with van der Waals surface area (Å²) in [4.78, 5) is 28.2. The van der Waals surface area contributed by atoms with Gasteiger partial charge in [-0.1, -0.05) is 17.7 Å². The van der Waals surface area contributed by atoms with E-state index >= 15 is 0 Å². The molecule has 0 spiro atoms. The Kier molecular flexibility index (Phi) is 7.34. The molecule has 0 amide bonds. The maximum atomic E-state index is 12.9. The van der Waals surface area contributed by atoms with Gasteiger partial charge in [0.1, 0.15) is 16.5 Å². The number of hydrogen-bond donors (Lipinski definition) is 3. The first kappa shape index (κ1) is 26.5. The van der Waals surface area contributed by atoms with Crippen LogP contribution in [0.4, 0.5) is 5.69 Å². The van der Waals surface area contributed by atoms with Crippen LogP contribution in [0.3, 0.4) is 0 Å². The van der Waals surface area contributed by atoms with Gasteiger partial charge in [-0.05, 0) is 55.9 Å². The van der Waals surface area contributed by atoms with Gasteiger partial charge in [0, 0.05) is 38.8 Å². The highest BCUT2D eigenvalue weighted by molar-refractivity contribution is 7.88. The third-order valence-electron chi connectivity index (χ3n) is 7.25. The minimum Gasteiger partial charge on any atom is -0.384 e. The first-order chi connectivity index (χ1) is 18.2. The van der Waals surface area contributed by atoms with Crippen molar-refractivity contribution in [2.75, 3.05) is 31.2 Å². The zero-order valence-corrected chi connectivity index (χ0v) is 23.3. The maximum absolute atomic E-state index is 12.9. The van der Waals surface area contributed by atoms with Crippen LogP contribution in [0.15, 0.2) is 35.5 Å². The number of piperidine rings is 1. The van der Waals surface area contributed by atoms with E-state index in [0.717, 1.165) is 47.2 Å². The van der Waals surface area contributed by atoms with E-state index < -0.39 is 10.0 Å². The van der Waals surface area contributed by atoms with Gasteiger partial charge in [0.2, 0.25) is 10.0 Å². The number of aryl methyl sites for hydroxylation is 2. The van der Waals surface area contributed by atoms with Crippen molar-refractivity contribution < 1.29 is 8.42 Å². The Labute approximate surface area is 226 Å². The first-order valence-electron chi connectivity index (χ1n) is 12.8. The summed E-state index contributed by atoms with van der Waals surface area (Å²) in [7, 11) is -3.17. The number of halogens is 1. The smallest absolute Gasteiger partial charge is 0.261 e. The van der Waals surface area contributed by atoms with Crippen LogP contribution in [-0.4, -0.2) is 63.1 Å². The van der Waals surface area contributed by atoms with Crippen LogP contribution in [0.1, 0.15) is 42.5 Å². The molecule has 4 heterocycles. The minimum absolute atomic E-state index is 0.242. The molecule has 3 aromatic heterocycles. The number of fused-ring (bicyclic) bond motifs is 1. The molecular formula is C26H32ClN7O3S. The number of pyridine rings is 1. The summed E-state index contributed by atoms with van der Waals surface area (Å²) >= 11 is 6.39.